The molecule has 2 aliphatic heterocycles. The zero-order valence-electron chi connectivity index (χ0n) is 17.8. The van der Waals surface area contributed by atoms with Crippen LogP contribution in [0.2, 0.25) is 0 Å². The molecule has 2 aliphatic rings. The molecule has 162 valence electrons. The molecule has 0 bridgehead atoms. The Morgan fingerprint density at radius 2 is 1.88 bits per heavy atom. The summed E-state index contributed by atoms with van der Waals surface area (Å²) in [6.07, 6.45) is 0.775. The van der Waals surface area contributed by atoms with E-state index in [-0.39, 0.29) is 17.4 Å². The number of nitrogens with zero attached hydrogens (tertiary/aromatic N) is 3. The molecule has 0 unspecified atom stereocenters. The monoisotopic (exact) mass is 447 g/mol. The summed E-state index contributed by atoms with van der Waals surface area (Å²) >= 11 is 1.23. The SMILES string of the molecule is Cc1ccc([C@@H]2/C(=C(\O)c3ccc4c(c3)C[C@@H](C)O4)C(=O)C(=O)N2c2nnc(C)s2)cc1. The van der Waals surface area contributed by atoms with E-state index < -0.39 is 17.7 Å². The Labute approximate surface area is 189 Å². The third-order valence-corrected chi connectivity index (χ3v) is 6.57. The van der Waals surface area contributed by atoms with Gasteiger partial charge in [0.15, 0.2) is 0 Å². The van der Waals surface area contributed by atoms with Gasteiger partial charge in [0.2, 0.25) is 5.13 Å². The average Bonchev–Trinajstić information content (AvgIpc) is 3.43. The highest BCUT2D eigenvalue weighted by molar-refractivity contribution is 7.15. The van der Waals surface area contributed by atoms with E-state index in [1.165, 1.54) is 16.2 Å². The number of carbonyl (C=O) groups excluding carboxylic acids is 2. The second kappa shape index (κ2) is 7.56. The van der Waals surface area contributed by atoms with Crippen LogP contribution in [0.1, 0.15) is 40.2 Å². The molecule has 0 saturated carbocycles. The first kappa shape index (κ1) is 20.4. The lowest BCUT2D eigenvalue weighted by atomic mass is 9.94. The topological polar surface area (TPSA) is 92.6 Å². The highest BCUT2D eigenvalue weighted by atomic mass is 32.1. The van der Waals surface area contributed by atoms with Crippen molar-refractivity contribution in [3.63, 3.8) is 0 Å². The number of ether oxygens (including phenoxy) is 1. The molecule has 0 spiro atoms. The van der Waals surface area contributed by atoms with Crippen LogP contribution in [0, 0.1) is 13.8 Å². The molecule has 1 aromatic heterocycles. The molecule has 1 saturated heterocycles. The van der Waals surface area contributed by atoms with Gasteiger partial charge in [-0.3, -0.25) is 14.5 Å². The maximum Gasteiger partial charge on any atom is 0.301 e. The van der Waals surface area contributed by atoms with Crippen LogP contribution in [0.4, 0.5) is 5.13 Å². The van der Waals surface area contributed by atoms with Gasteiger partial charge >= 0.3 is 5.91 Å². The smallest absolute Gasteiger partial charge is 0.301 e. The summed E-state index contributed by atoms with van der Waals surface area (Å²) in [6, 6.07) is 12.1. The largest absolute Gasteiger partial charge is 0.507 e. The number of anilines is 1. The lowest BCUT2D eigenvalue weighted by Gasteiger charge is -2.22. The molecule has 0 radical (unpaired) electrons. The summed E-state index contributed by atoms with van der Waals surface area (Å²) in [4.78, 5) is 27.6. The number of Topliss-reactive ketones (excluding diaryl/α,β-unsaturated/α-hetero) is 1. The maximum atomic E-state index is 13.2. The average molecular weight is 448 g/mol. The molecule has 5 rings (SSSR count). The second-order valence-corrected chi connectivity index (χ2v) is 9.30. The molecule has 0 aliphatic carbocycles. The Balaban J connectivity index is 1.68. The van der Waals surface area contributed by atoms with Crippen molar-refractivity contribution in [3.8, 4) is 5.75 Å². The summed E-state index contributed by atoms with van der Waals surface area (Å²) < 4.78 is 5.74. The Morgan fingerprint density at radius 1 is 1.12 bits per heavy atom. The van der Waals surface area contributed by atoms with Crippen molar-refractivity contribution >= 4 is 33.9 Å². The molecule has 1 amide bonds. The predicted molar refractivity (Wildman–Crippen MR) is 121 cm³/mol. The van der Waals surface area contributed by atoms with Crippen LogP contribution < -0.4 is 9.64 Å². The zero-order chi connectivity index (χ0) is 22.6. The highest BCUT2D eigenvalue weighted by Crippen LogP contribution is 2.43. The number of aliphatic hydroxyl groups is 1. The van der Waals surface area contributed by atoms with E-state index in [4.69, 9.17) is 4.74 Å². The molecule has 7 nitrogen and oxygen atoms in total. The number of aryl methyl sites for hydroxylation is 2. The van der Waals surface area contributed by atoms with Crippen molar-refractivity contribution in [2.75, 3.05) is 4.90 Å². The quantitative estimate of drug-likeness (QED) is 0.369. The summed E-state index contributed by atoms with van der Waals surface area (Å²) in [5, 5.41) is 20.4. The minimum absolute atomic E-state index is 0.0404. The molecule has 2 atom stereocenters. The molecule has 2 aromatic carbocycles. The number of hydrogen-bond acceptors (Lipinski definition) is 7. The normalized spacial score (nSPS) is 21.7. The number of fused-ring (bicyclic) bond motifs is 1. The van der Waals surface area contributed by atoms with Crippen molar-refractivity contribution in [3.05, 3.63) is 75.3 Å². The molecule has 1 fully saturated rings. The summed E-state index contributed by atoms with van der Waals surface area (Å²) in [5.74, 6) is -0.911. The van der Waals surface area contributed by atoms with Gasteiger partial charge in [-0.2, -0.15) is 0 Å². The maximum absolute atomic E-state index is 13.2. The van der Waals surface area contributed by atoms with E-state index in [2.05, 4.69) is 10.2 Å². The van der Waals surface area contributed by atoms with E-state index in [1.54, 1.807) is 19.1 Å². The highest BCUT2D eigenvalue weighted by Gasteiger charge is 2.48. The minimum Gasteiger partial charge on any atom is -0.507 e. The number of aliphatic hydroxyl groups excluding tert-OH is 1. The van der Waals surface area contributed by atoms with E-state index in [9.17, 15) is 14.7 Å². The van der Waals surface area contributed by atoms with Crippen LogP contribution in [0.3, 0.4) is 0 Å². The molecule has 32 heavy (non-hydrogen) atoms. The fraction of sp³-hybridized carbons (Fsp3) is 0.250. The first-order valence-corrected chi connectivity index (χ1v) is 11.1. The van der Waals surface area contributed by atoms with E-state index in [0.29, 0.717) is 21.3 Å². The Morgan fingerprint density at radius 3 is 2.56 bits per heavy atom. The minimum atomic E-state index is -0.800. The first-order valence-electron chi connectivity index (χ1n) is 10.3. The molecule has 1 N–H and O–H groups in total. The van der Waals surface area contributed by atoms with Crippen LogP contribution in [-0.2, 0) is 16.0 Å². The van der Waals surface area contributed by atoms with Gasteiger partial charge in [-0.1, -0.05) is 41.2 Å². The molecular weight excluding hydrogens is 426 g/mol. The standard InChI is InChI=1S/C24H21N3O4S/c1-12-4-6-15(7-5-12)20-19(22(29)23(30)27(20)24-26-25-14(3)32-24)21(28)16-8-9-18-17(11-16)10-13(2)31-18/h4-9,11,13,20,28H,10H2,1-3H3/b21-19+/t13-,20-/m1/s1. The third kappa shape index (κ3) is 3.27. The van der Waals surface area contributed by atoms with Gasteiger partial charge in [-0.25, -0.2) is 0 Å². The van der Waals surface area contributed by atoms with Gasteiger partial charge in [0.1, 0.15) is 22.6 Å². The van der Waals surface area contributed by atoms with E-state index in [1.807, 2.05) is 44.2 Å². The number of carbonyl (C=O) groups is 2. The Hall–Kier alpha value is -3.52. The van der Waals surface area contributed by atoms with Crippen molar-refractivity contribution in [1.29, 1.82) is 0 Å². The second-order valence-electron chi connectivity index (χ2n) is 8.14. The van der Waals surface area contributed by atoms with Gasteiger partial charge in [-0.15, -0.1) is 10.2 Å². The molecule has 8 heteroatoms. The summed E-state index contributed by atoms with van der Waals surface area (Å²) in [7, 11) is 0. The third-order valence-electron chi connectivity index (χ3n) is 5.73. The predicted octanol–water partition coefficient (Wildman–Crippen LogP) is 4.10. The van der Waals surface area contributed by atoms with Gasteiger partial charge in [-0.05, 0) is 50.1 Å². The fourth-order valence-electron chi connectivity index (χ4n) is 4.20. The van der Waals surface area contributed by atoms with Gasteiger partial charge in [0.25, 0.3) is 5.78 Å². The number of aromatic nitrogens is 2. The number of hydrogen-bond donors (Lipinski definition) is 1. The molecule has 3 heterocycles. The first-order chi connectivity index (χ1) is 15.3. The van der Waals surface area contributed by atoms with Gasteiger partial charge in [0, 0.05) is 12.0 Å². The van der Waals surface area contributed by atoms with Gasteiger partial charge < -0.3 is 9.84 Å². The Bertz CT molecular complexity index is 1280. The van der Waals surface area contributed by atoms with Crippen LogP contribution in [0.5, 0.6) is 5.75 Å². The zero-order valence-corrected chi connectivity index (χ0v) is 18.6. The summed E-state index contributed by atoms with van der Waals surface area (Å²) in [5.41, 5.74) is 3.23. The number of amides is 1. The number of benzene rings is 2. The van der Waals surface area contributed by atoms with Crippen LogP contribution in [0.15, 0.2) is 48.0 Å². The Kier molecular flexibility index (Phi) is 4.82. The molecular formula is C24H21N3O4S. The van der Waals surface area contributed by atoms with E-state index in [0.717, 1.165) is 23.3 Å². The fourth-order valence-corrected chi connectivity index (χ4v) is 4.92. The van der Waals surface area contributed by atoms with Crippen LogP contribution in [-0.4, -0.2) is 33.1 Å². The van der Waals surface area contributed by atoms with Crippen LogP contribution in [0.25, 0.3) is 5.76 Å². The van der Waals surface area contributed by atoms with Crippen molar-refractivity contribution in [1.82, 2.24) is 10.2 Å². The lowest BCUT2D eigenvalue weighted by molar-refractivity contribution is -0.132. The number of rotatable bonds is 3. The van der Waals surface area contributed by atoms with Crippen molar-refractivity contribution in [2.24, 2.45) is 0 Å². The van der Waals surface area contributed by atoms with E-state index >= 15 is 0 Å². The van der Waals surface area contributed by atoms with Crippen molar-refractivity contribution in [2.45, 2.75) is 39.3 Å². The molecule has 3 aromatic rings. The summed E-state index contributed by atoms with van der Waals surface area (Å²) in [6.45, 7) is 5.72. The van der Waals surface area contributed by atoms with Gasteiger partial charge in [0.05, 0.1) is 11.6 Å². The number of ketones is 1. The van der Waals surface area contributed by atoms with Crippen molar-refractivity contribution < 1.29 is 19.4 Å². The van der Waals surface area contributed by atoms with Crippen LogP contribution >= 0.6 is 11.3 Å². The lowest BCUT2D eigenvalue weighted by Crippen LogP contribution is -2.29.